The summed E-state index contributed by atoms with van der Waals surface area (Å²) in [6.45, 7) is 1.99. The number of nitrogens with two attached hydrogens (primary N) is 1. The number of allylic oxidation sites excluding steroid dienone is 1. The molecule has 1 amide bonds. The van der Waals surface area contributed by atoms with Crippen LogP contribution in [0.4, 0.5) is 5.00 Å². The van der Waals surface area contributed by atoms with Gasteiger partial charge in [0.25, 0.3) is 5.91 Å². The van der Waals surface area contributed by atoms with Crippen LogP contribution in [0.3, 0.4) is 0 Å². The average molecular weight is 485 g/mol. The Kier molecular flexibility index (Phi) is 10.1. The number of primary amides is 1. The second kappa shape index (κ2) is 12.3. The number of thiophene rings is 1. The summed E-state index contributed by atoms with van der Waals surface area (Å²) in [4.78, 5) is 25.5. The van der Waals surface area contributed by atoms with Gasteiger partial charge in [-0.25, -0.2) is 0 Å². The Balaban J connectivity index is 0.00000385. The summed E-state index contributed by atoms with van der Waals surface area (Å²) in [5, 5.41) is 35.1. The number of carbonyl (C=O) groups is 2. The summed E-state index contributed by atoms with van der Waals surface area (Å²) in [6, 6.07) is 10.6. The summed E-state index contributed by atoms with van der Waals surface area (Å²) in [7, 11) is 0. The third-order valence-corrected chi connectivity index (χ3v) is 6.49. The fraction of sp³-hybridized carbons (Fsp3) is 0.250. The normalized spacial score (nSPS) is 13.5. The molecule has 9 heteroatoms. The number of hydrogen-bond donors (Lipinski definition) is 2. The molecule has 1 heterocycles. The predicted molar refractivity (Wildman–Crippen MR) is 119 cm³/mol. The number of aryl methyl sites for hydroxylation is 2. The average Bonchev–Trinajstić information content (AvgIpc) is 3.15. The zero-order chi connectivity index (χ0) is 23.3. The van der Waals surface area contributed by atoms with E-state index in [1.807, 2.05) is 19.1 Å². The molecule has 0 spiro atoms. The molecule has 3 N–H and O–H groups in total. The molecule has 0 saturated carbocycles. The molecule has 7 nitrogen and oxygen atoms in total. The quantitative estimate of drug-likeness (QED) is 0.140. The van der Waals surface area contributed by atoms with Gasteiger partial charge >= 0.3 is 51.4 Å². The summed E-state index contributed by atoms with van der Waals surface area (Å²) >= 11 is 1.34. The SMILES string of the molecule is CCc1ccc(C(=O)C=C(Nc2sc3c(c2C#N)CCCC3)C([O-])=C(C#N)C(N)=O)cc1.[K+]. The summed E-state index contributed by atoms with van der Waals surface area (Å²) in [5.41, 5.74) is 6.87. The van der Waals surface area contributed by atoms with Gasteiger partial charge in [0.05, 0.1) is 5.56 Å². The molecule has 0 radical (unpaired) electrons. The van der Waals surface area contributed by atoms with Crippen molar-refractivity contribution in [1.82, 2.24) is 0 Å². The largest absolute Gasteiger partial charge is 1.00 e. The Labute approximate surface area is 239 Å². The van der Waals surface area contributed by atoms with Crippen molar-refractivity contribution in [2.75, 3.05) is 5.32 Å². The zero-order valence-corrected chi connectivity index (χ0v) is 22.5. The van der Waals surface area contributed by atoms with Crippen LogP contribution in [0.2, 0.25) is 0 Å². The monoisotopic (exact) mass is 484 g/mol. The first kappa shape index (κ1) is 27.0. The van der Waals surface area contributed by atoms with E-state index in [1.165, 1.54) is 17.4 Å². The third-order valence-electron chi connectivity index (χ3n) is 5.28. The molecule has 1 aromatic carbocycles. The van der Waals surface area contributed by atoms with Crippen molar-refractivity contribution in [2.45, 2.75) is 39.0 Å². The van der Waals surface area contributed by atoms with E-state index in [2.05, 4.69) is 11.4 Å². The van der Waals surface area contributed by atoms with Crippen LogP contribution in [0.25, 0.3) is 0 Å². The molecule has 1 aliphatic carbocycles. The first-order chi connectivity index (χ1) is 15.4. The standard InChI is InChI=1S/C24H22N4O3S.K/c1-2-14-7-9-15(10-8-14)20(29)11-19(22(30)18(13-26)23(27)31)28-24-17(12-25)16-5-3-4-6-21(16)32-24;/h7-11,28,30H,2-6H2,1H3,(H2,27,31);/q;+1/p-1. The van der Waals surface area contributed by atoms with Crippen LogP contribution in [0.1, 0.15) is 51.7 Å². The molecule has 162 valence electrons. The van der Waals surface area contributed by atoms with Crippen molar-refractivity contribution in [2.24, 2.45) is 5.73 Å². The van der Waals surface area contributed by atoms with Crippen LogP contribution >= 0.6 is 11.3 Å². The number of anilines is 1. The number of carbonyl (C=O) groups excluding carboxylic acids is 2. The van der Waals surface area contributed by atoms with E-state index < -0.39 is 23.0 Å². The van der Waals surface area contributed by atoms with Gasteiger partial charge in [-0.1, -0.05) is 36.9 Å². The Morgan fingerprint density at radius 1 is 1.21 bits per heavy atom. The Morgan fingerprint density at radius 2 is 1.88 bits per heavy atom. The van der Waals surface area contributed by atoms with Gasteiger partial charge in [-0.2, -0.15) is 10.5 Å². The van der Waals surface area contributed by atoms with Gasteiger partial charge in [-0.05, 0) is 43.2 Å². The third kappa shape index (κ3) is 6.21. The fourth-order valence-electron chi connectivity index (χ4n) is 3.52. The zero-order valence-electron chi connectivity index (χ0n) is 18.5. The van der Waals surface area contributed by atoms with E-state index in [0.717, 1.165) is 54.2 Å². The van der Waals surface area contributed by atoms with Crippen molar-refractivity contribution in [1.29, 1.82) is 10.5 Å². The minimum atomic E-state index is -1.18. The number of fused-ring (bicyclic) bond motifs is 1. The number of rotatable bonds is 7. The molecule has 0 bridgehead atoms. The summed E-state index contributed by atoms with van der Waals surface area (Å²) in [5.74, 6) is -2.66. The fourth-order valence-corrected chi connectivity index (χ4v) is 4.78. The molecule has 0 unspecified atom stereocenters. The molecule has 1 aromatic heterocycles. The molecule has 0 aliphatic heterocycles. The number of benzene rings is 1. The summed E-state index contributed by atoms with van der Waals surface area (Å²) in [6.07, 6.45) is 5.45. The van der Waals surface area contributed by atoms with Crippen LogP contribution in [-0.4, -0.2) is 11.7 Å². The molecule has 1 aliphatic rings. The van der Waals surface area contributed by atoms with E-state index in [0.29, 0.717) is 16.1 Å². The second-order valence-corrected chi connectivity index (χ2v) is 8.41. The maximum absolute atomic E-state index is 12.9. The molecule has 0 saturated heterocycles. The van der Waals surface area contributed by atoms with E-state index in [9.17, 15) is 25.2 Å². The number of nitrogens with zero attached hydrogens (tertiary/aromatic N) is 2. The maximum atomic E-state index is 12.9. The number of hydrogen-bond acceptors (Lipinski definition) is 7. The van der Waals surface area contributed by atoms with Gasteiger partial charge in [-0.3, -0.25) is 9.59 Å². The van der Waals surface area contributed by atoms with Crippen LogP contribution < -0.4 is 67.5 Å². The van der Waals surface area contributed by atoms with Crippen LogP contribution in [0, 0.1) is 22.7 Å². The van der Waals surface area contributed by atoms with Gasteiger partial charge in [0.2, 0.25) is 0 Å². The second-order valence-electron chi connectivity index (χ2n) is 7.30. The van der Waals surface area contributed by atoms with Gasteiger partial charge in [0.1, 0.15) is 22.7 Å². The smallest absolute Gasteiger partial charge is 0.870 e. The predicted octanol–water partition coefficient (Wildman–Crippen LogP) is -0.133. The Bertz CT molecular complexity index is 1210. The first-order valence-electron chi connectivity index (χ1n) is 10.2. The molecular weight excluding hydrogens is 463 g/mol. The van der Waals surface area contributed by atoms with Gasteiger partial charge in [0, 0.05) is 22.2 Å². The number of ketones is 1. The minimum Gasteiger partial charge on any atom is -0.870 e. The van der Waals surface area contributed by atoms with Crippen molar-refractivity contribution >= 4 is 28.0 Å². The van der Waals surface area contributed by atoms with Crippen LogP contribution in [-0.2, 0) is 24.1 Å². The van der Waals surface area contributed by atoms with Crippen molar-refractivity contribution in [3.63, 3.8) is 0 Å². The van der Waals surface area contributed by atoms with E-state index in [1.54, 1.807) is 12.1 Å². The number of amides is 1. The van der Waals surface area contributed by atoms with Gasteiger partial charge in [0.15, 0.2) is 5.78 Å². The van der Waals surface area contributed by atoms with E-state index >= 15 is 0 Å². The number of nitrogens with one attached hydrogen (secondary N) is 1. The van der Waals surface area contributed by atoms with Crippen molar-refractivity contribution in [3.05, 3.63) is 74.5 Å². The molecule has 0 atom stereocenters. The molecule has 2 aromatic rings. The van der Waals surface area contributed by atoms with Crippen molar-refractivity contribution in [3.8, 4) is 12.1 Å². The molecule has 3 rings (SSSR count). The Morgan fingerprint density at radius 3 is 2.45 bits per heavy atom. The van der Waals surface area contributed by atoms with Crippen LogP contribution in [0.5, 0.6) is 0 Å². The minimum absolute atomic E-state index is 0. The topological polar surface area (TPSA) is 143 Å². The first-order valence-corrected chi connectivity index (χ1v) is 11.0. The van der Waals surface area contributed by atoms with Crippen LogP contribution in [0.15, 0.2) is 47.4 Å². The van der Waals surface area contributed by atoms with E-state index in [4.69, 9.17) is 5.73 Å². The Hall–Kier alpha value is -2.24. The molecule has 33 heavy (non-hydrogen) atoms. The van der Waals surface area contributed by atoms with Crippen molar-refractivity contribution < 1.29 is 66.1 Å². The maximum Gasteiger partial charge on any atom is 1.00 e. The number of nitriles is 2. The van der Waals surface area contributed by atoms with Gasteiger partial charge < -0.3 is 16.2 Å². The van der Waals surface area contributed by atoms with E-state index in [-0.39, 0.29) is 57.1 Å². The molecular formula is C24H21KN4O3S. The summed E-state index contributed by atoms with van der Waals surface area (Å²) < 4.78 is 0. The molecule has 0 fully saturated rings. The van der Waals surface area contributed by atoms with Gasteiger partial charge in [-0.15, -0.1) is 11.3 Å².